The maximum absolute atomic E-state index is 12.4. The maximum Gasteiger partial charge on any atom is 0.217 e. The van der Waals surface area contributed by atoms with Gasteiger partial charge in [-0.15, -0.1) is 0 Å². The zero-order valence-electron chi connectivity index (χ0n) is 15.0. The van der Waals surface area contributed by atoms with Crippen molar-refractivity contribution in [2.45, 2.75) is 71.3 Å². The average Bonchev–Trinajstić information content (AvgIpc) is 2.82. The van der Waals surface area contributed by atoms with Crippen LogP contribution in [-0.2, 0) is 19.4 Å². The summed E-state index contributed by atoms with van der Waals surface area (Å²) in [5.41, 5.74) is 1.20. The third kappa shape index (κ3) is 2.72. The van der Waals surface area contributed by atoms with E-state index >= 15 is 0 Å². The molecule has 0 spiro atoms. The first-order chi connectivity index (χ1) is 11.6. The Bertz CT molecular complexity index is 726. The standard InChI is InChI=1S/C19H28O5S/c1-18-9-7-13(24-25(21,22)23)11-12(18)3-4-14-15-5-6-17(20)19(15,2)10-8-16(14)18/h3,13-16H,4-11H2,1-2H3,(H,21,22,23)/p-1/t13-,14-,15-,16-,18-,19-/m0/s1. The van der Waals surface area contributed by atoms with Crippen LogP contribution >= 0.6 is 0 Å². The number of hydrogen-bond donors (Lipinski definition) is 0. The summed E-state index contributed by atoms with van der Waals surface area (Å²) >= 11 is 0. The van der Waals surface area contributed by atoms with Crippen LogP contribution in [0.15, 0.2) is 11.6 Å². The number of carbonyl (C=O) groups excluding carboxylic acids is 1. The van der Waals surface area contributed by atoms with Crippen molar-refractivity contribution in [3.05, 3.63) is 11.6 Å². The lowest BCUT2D eigenvalue weighted by atomic mass is 9.48. The van der Waals surface area contributed by atoms with Gasteiger partial charge in [-0.1, -0.05) is 25.5 Å². The number of rotatable bonds is 2. The summed E-state index contributed by atoms with van der Waals surface area (Å²) in [5.74, 6) is 2.05. The largest absolute Gasteiger partial charge is 0.726 e. The summed E-state index contributed by atoms with van der Waals surface area (Å²) in [6.45, 7) is 4.48. The molecule has 4 aliphatic carbocycles. The molecule has 0 aromatic heterocycles. The smallest absolute Gasteiger partial charge is 0.217 e. The summed E-state index contributed by atoms with van der Waals surface area (Å²) in [5, 5.41) is 0. The van der Waals surface area contributed by atoms with Crippen molar-refractivity contribution in [3.63, 3.8) is 0 Å². The van der Waals surface area contributed by atoms with Crippen LogP contribution in [0.4, 0.5) is 0 Å². The molecule has 6 atom stereocenters. The number of hydrogen-bond acceptors (Lipinski definition) is 5. The van der Waals surface area contributed by atoms with E-state index in [1.165, 1.54) is 5.57 Å². The van der Waals surface area contributed by atoms with Crippen molar-refractivity contribution in [2.75, 3.05) is 0 Å². The first-order valence-corrected chi connectivity index (χ1v) is 10.8. The second-order valence-corrected chi connectivity index (χ2v) is 10.1. The molecule has 140 valence electrons. The molecule has 0 aromatic carbocycles. The van der Waals surface area contributed by atoms with Crippen LogP contribution in [0.2, 0.25) is 0 Å². The number of ketones is 1. The van der Waals surface area contributed by atoms with Gasteiger partial charge in [0.1, 0.15) is 5.78 Å². The van der Waals surface area contributed by atoms with E-state index in [2.05, 4.69) is 19.9 Å². The first kappa shape index (κ1) is 17.7. The molecule has 0 bridgehead atoms. The predicted molar refractivity (Wildman–Crippen MR) is 91.3 cm³/mol. The lowest BCUT2D eigenvalue weighted by molar-refractivity contribution is -0.131. The molecule has 0 unspecified atom stereocenters. The van der Waals surface area contributed by atoms with E-state index in [0.717, 1.165) is 38.5 Å². The molecule has 0 heterocycles. The molecule has 0 aliphatic heterocycles. The van der Waals surface area contributed by atoms with Gasteiger partial charge in [0.05, 0.1) is 6.10 Å². The molecule has 5 nitrogen and oxygen atoms in total. The molecule has 6 heteroatoms. The third-order valence-electron chi connectivity index (χ3n) is 8.02. The first-order valence-electron chi connectivity index (χ1n) is 9.50. The Morgan fingerprint density at radius 1 is 1.12 bits per heavy atom. The summed E-state index contributed by atoms with van der Waals surface area (Å²) in [7, 11) is -4.65. The highest BCUT2D eigenvalue weighted by Crippen LogP contribution is 2.64. The lowest BCUT2D eigenvalue weighted by Crippen LogP contribution is -2.50. The van der Waals surface area contributed by atoms with E-state index in [1.807, 2.05) is 0 Å². The SMILES string of the molecule is C[C@]12CC[C@H](OS(=O)(=O)[O-])CC1=CC[C@@H]1[C@@H]2CC[C@]2(C)C(=O)CC[C@@H]12. The second-order valence-electron chi connectivity index (χ2n) is 9.05. The molecule has 4 aliphatic rings. The fourth-order valence-corrected chi connectivity index (χ4v) is 7.14. The van der Waals surface area contributed by atoms with Crippen molar-refractivity contribution >= 4 is 16.2 Å². The molecule has 0 aromatic rings. The molecule has 0 N–H and O–H groups in total. The van der Waals surface area contributed by atoms with Gasteiger partial charge >= 0.3 is 0 Å². The number of fused-ring (bicyclic) bond motifs is 5. The van der Waals surface area contributed by atoms with Crippen molar-refractivity contribution in [2.24, 2.45) is 28.6 Å². The minimum absolute atomic E-state index is 0.0579. The monoisotopic (exact) mass is 367 g/mol. The van der Waals surface area contributed by atoms with Gasteiger partial charge < -0.3 is 4.55 Å². The number of Topliss-reactive ketones (excluding diaryl/α,β-unsaturated/α-hetero) is 1. The zero-order valence-corrected chi connectivity index (χ0v) is 15.8. The van der Waals surface area contributed by atoms with Gasteiger partial charge in [-0.05, 0) is 68.1 Å². The van der Waals surface area contributed by atoms with Gasteiger partial charge in [-0.3, -0.25) is 8.98 Å². The van der Waals surface area contributed by atoms with Crippen LogP contribution in [0.5, 0.6) is 0 Å². The Balaban J connectivity index is 1.59. The highest BCUT2D eigenvalue weighted by molar-refractivity contribution is 7.80. The van der Waals surface area contributed by atoms with E-state index in [4.69, 9.17) is 4.18 Å². The molecule has 0 saturated heterocycles. The Morgan fingerprint density at radius 2 is 1.80 bits per heavy atom. The van der Waals surface area contributed by atoms with Gasteiger partial charge in [0.25, 0.3) is 0 Å². The van der Waals surface area contributed by atoms with Gasteiger partial charge in [0.2, 0.25) is 10.4 Å². The zero-order chi connectivity index (χ0) is 18.0. The van der Waals surface area contributed by atoms with Gasteiger partial charge in [-0.25, -0.2) is 8.42 Å². The van der Waals surface area contributed by atoms with Crippen LogP contribution < -0.4 is 0 Å². The van der Waals surface area contributed by atoms with E-state index in [9.17, 15) is 17.8 Å². The molecular weight excluding hydrogens is 340 g/mol. The van der Waals surface area contributed by atoms with E-state index in [0.29, 0.717) is 36.4 Å². The third-order valence-corrected chi connectivity index (χ3v) is 8.53. The molecular formula is C19H27O5S-. The Hall–Kier alpha value is -0.720. The van der Waals surface area contributed by atoms with E-state index in [1.54, 1.807) is 0 Å². The summed E-state index contributed by atoms with van der Waals surface area (Å²) in [4.78, 5) is 12.4. The molecule has 4 rings (SSSR count). The van der Waals surface area contributed by atoms with Crippen LogP contribution in [-0.4, -0.2) is 24.9 Å². The number of allylic oxidation sites excluding steroid dienone is 1. The van der Waals surface area contributed by atoms with E-state index in [-0.39, 0.29) is 10.8 Å². The fourth-order valence-electron chi connectivity index (χ4n) is 6.65. The Kier molecular flexibility index (Phi) is 3.99. The van der Waals surface area contributed by atoms with Crippen LogP contribution in [0, 0.1) is 28.6 Å². The molecule has 3 fully saturated rings. The topological polar surface area (TPSA) is 83.5 Å². The average molecular weight is 367 g/mol. The van der Waals surface area contributed by atoms with Crippen molar-refractivity contribution < 1.29 is 21.9 Å². The van der Waals surface area contributed by atoms with Gasteiger partial charge in [-0.2, -0.15) is 0 Å². The molecule has 0 amide bonds. The minimum atomic E-state index is -4.65. The number of carbonyl (C=O) groups is 1. The lowest BCUT2D eigenvalue weighted by Gasteiger charge is -2.57. The Labute approximate surface area is 150 Å². The predicted octanol–water partition coefficient (Wildman–Crippen LogP) is 3.36. The van der Waals surface area contributed by atoms with Crippen LogP contribution in [0.3, 0.4) is 0 Å². The summed E-state index contributed by atoms with van der Waals surface area (Å²) in [6, 6.07) is 0. The van der Waals surface area contributed by atoms with Gasteiger partial charge in [0, 0.05) is 11.8 Å². The normalized spacial score (nSPS) is 46.8. The maximum atomic E-state index is 12.4. The van der Waals surface area contributed by atoms with Gasteiger partial charge in [0.15, 0.2) is 0 Å². The molecule has 25 heavy (non-hydrogen) atoms. The highest BCUT2D eigenvalue weighted by atomic mass is 32.3. The van der Waals surface area contributed by atoms with Crippen LogP contribution in [0.1, 0.15) is 65.2 Å². The van der Waals surface area contributed by atoms with Crippen molar-refractivity contribution in [3.8, 4) is 0 Å². The highest BCUT2D eigenvalue weighted by Gasteiger charge is 2.58. The van der Waals surface area contributed by atoms with Crippen LogP contribution in [0.25, 0.3) is 0 Å². The quantitative estimate of drug-likeness (QED) is 0.424. The Morgan fingerprint density at radius 3 is 2.52 bits per heavy atom. The van der Waals surface area contributed by atoms with Crippen molar-refractivity contribution in [1.29, 1.82) is 0 Å². The minimum Gasteiger partial charge on any atom is -0.726 e. The summed E-state index contributed by atoms with van der Waals surface area (Å²) in [6.07, 6.45) is 8.55. The molecule has 0 radical (unpaired) electrons. The van der Waals surface area contributed by atoms with E-state index < -0.39 is 16.5 Å². The second kappa shape index (κ2) is 5.64. The summed E-state index contributed by atoms with van der Waals surface area (Å²) < 4.78 is 37.5. The fraction of sp³-hybridized carbons (Fsp3) is 0.842. The van der Waals surface area contributed by atoms with Crippen molar-refractivity contribution in [1.82, 2.24) is 0 Å². The molecule has 3 saturated carbocycles.